The maximum absolute atomic E-state index is 12.1. The fraction of sp³-hybridized carbons (Fsp3) is 0.200. The lowest BCUT2D eigenvalue weighted by Crippen LogP contribution is -2.13. The lowest BCUT2D eigenvalue weighted by atomic mass is 10.1. The molecule has 0 aromatic heterocycles. The number of ether oxygens (including phenoxy) is 3. The SMILES string of the molecule is CCOc1ccc(/C=C/C(=O)OCC(=O)c2ccc(Cl)cc2Cl)cc1OC. The van der Waals surface area contributed by atoms with Crippen LogP contribution in [0.3, 0.4) is 0 Å². The normalized spacial score (nSPS) is 10.7. The highest BCUT2D eigenvalue weighted by Crippen LogP contribution is 2.28. The Morgan fingerprint density at radius 3 is 2.52 bits per heavy atom. The average Bonchev–Trinajstić information content (AvgIpc) is 2.65. The quantitative estimate of drug-likeness (QED) is 0.355. The van der Waals surface area contributed by atoms with E-state index in [1.165, 1.54) is 25.3 Å². The highest BCUT2D eigenvalue weighted by atomic mass is 35.5. The third-order valence-corrected chi connectivity index (χ3v) is 4.02. The second-order valence-electron chi connectivity index (χ2n) is 5.33. The summed E-state index contributed by atoms with van der Waals surface area (Å²) >= 11 is 11.8. The van der Waals surface area contributed by atoms with Crippen LogP contribution < -0.4 is 9.47 Å². The molecule has 0 saturated heterocycles. The summed E-state index contributed by atoms with van der Waals surface area (Å²) in [6.45, 7) is 1.97. The van der Waals surface area contributed by atoms with Crippen LogP contribution in [0, 0.1) is 0 Å². The van der Waals surface area contributed by atoms with Crippen molar-refractivity contribution in [3.63, 3.8) is 0 Å². The van der Waals surface area contributed by atoms with Gasteiger partial charge < -0.3 is 14.2 Å². The average molecular weight is 409 g/mol. The van der Waals surface area contributed by atoms with Gasteiger partial charge in [0.2, 0.25) is 5.78 Å². The van der Waals surface area contributed by atoms with Crippen molar-refractivity contribution >= 4 is 41.0 Å². The minimum Gasteiger partial charge on any atom is -0.493 e. The Labute approximate surface area is 167 Å². The number of carbonyl (C=O) groups is 2. The van der Waals surface area contributed by atoms with Crippen LogP contribution >= 0.6 is 23.2 Å². The van der Waals surface area contributed by atoms with Crippen LogP contribution in [0.15, 0.2) is 42.5 Å². The molecule has 2 aromatic carbocycles. The van der Waals surface area contributed by atoms with E-state index in [-0.39, 0.29) is 10.6 Å². The molecular weight excluding hydrogens is 391 g/mol. The van der Waals surface area contributed by atoms with Gasteiger partial charge >= 0.3 is 5.97 Å². The van der Waals surface area contributed by atoms with E-state index < -0.39 is 18.4 Å². The smallest absolute Gasteiger partial charge is 0.331 e. The maximum Gasteiger partial charge on any atom is 0.331 e. The van der Waals surface area contributed by atoms with Gasteiger partial charge in [0, 0.05) is 16.7 Å². The van der Waals surface area contributed by atoms with Crippen molar-refractivity contribution in [2.24, 2.45) is 0 Å². The first-order chi connectivity index (χ1) is 12.9. The monoisotopic (exact) mass is 408 g/mol. The predicted molar refractivity (Wildman–Crippen MR) is 105 cm³/mol. The fourth-order valence-corrected chi connectivity index (χ4v) is 2.72. The topological polar surface area (TPSA) is 61.8 Å². The van der Waals surface area contributed by atoms with E-state index in [0.717, 1.165) is 5.56 Å². The van der Waals surface area contributed by atoms with Crippen molar-refractivity contribution in [1.29, 1.82) is 0 Å². The van der Waals surface area contributed by atoms with Crippen molar-refractivity contribution in [3.05, 3.63) is 63.6 Å². The van der Waals surface area contributed by atoms with Gasteiger partial charge in [-0.2, -0.15) is 0 Å². The molecule has 0 aliphatic carbocycles. The number of rotatable bonds is 8. The van der Waals surface area contributed by atoms with E-state index in [1.54, 1.807) is 30.3 Å². The number of hydrogen-bond acceptors (Lipinski definition) is 5. The van der Waals surface area contributed by atoms with Crippen molar-refractivity contribution in [3.8, 4) is 11.5 Å². The second kappa shape index (κ2) is 10.00. The number of carbonyl (C=O) groups excluding carboxylic acids is 2. The molecule has 2 rings (SSSR count). The van der Waals surface area contributed by atoms with Crippen molar-refractivity contribution in [1.82, 2.24) is 0 Å². The van der Waals surface area contributed by atoms with E-state index >= 15 is 0 Å². The first-order valence-corrected chi connectivity index (χ1v) is 8.84. The Morgan fingerprint density at radius 1 is 1.07 bits per heavy atom. The molecule has 27 heavy (non-hydrogen) atoms. The molecule has 0 fully saturated rings. The zero-order chi connectivity index (χ0) is 19.8. The van der Waals surface area contributed by atoms with Gasteiger partial charge in [0.25, 0.3) is 0 Å². The Kier molecular flexibility index (Phi) is 7.70. The predicted octanol–water partition coefficient (Wildman–Crippen LogP) is 4.84. The van der Waals surface area contributed by atoms with Crippen LogP contribution in [-0.4, -0.2) is 32.1 Å². The van der Waals surface area contributed by atoms with E-state index in [1.807, 2.05) is 6.92 Å². The van der Waals surface area contributed by atoms with Gasteiger partial charge in [0.1, 0.15) is 0 Å². The summed E-state index contributed by atoms with van der Waals surface area (Å²) in [7, 11) is 1.53. The molecule has 0 radical (unpaired) electrons. The largest absolute Gasteiger partial charge is 0.493 e. The number of ketones is 1. The van der Waals surface area contributed by atoms with Crippen LogP contribution in [0.4, 0.5) is 0 Å². The van der Waals surface area contributed by atoms with Crippen LogP contribution in [-0.2, 0) is 9.53 Å². The van der Waals surface area contributed by atoms with Gasteiger partial charge in [-0.1, -0.05) is 29.3 Å². The number of Topliss-reactive ketones (excluding diaryl/α,β-unsaturated/α-hetero) is 1. The molecule has 0 bridgehead atoms. The lowest BCUT2D eigenvalue weighted by molar-refractivity contribution is -0.136. The minimum atomic E-state index is -0.652. The van der Waals surface area contributed by atoms with E-state index in [2.05, 4.69) is 0 Å². The molecule has 142 valence electrons. The van der Waals surface area contributed by atoms with Gasteiger partial charge in [-0.15, -0.1) is 0 Å². The molecule has 0 spiro atoms. The number of hydrogen-bond donors (Lipinski definition) is 0. The molecule has 2 aromatic rings. The Hall–Kier alpha value is -2.50. The Morgan fingerprint density at radius 2 is 1.85 bits per heavy atom. The number of esters is 1. The molecule has 0 atom stereocenters. The molecule has 0 aliphatic rings. The summed E-state index contributed by atoms with van der Waals surface area (Å²) < 4.78 is 15.6. The van der Waals surface area contributed by atoms with Crippen LogP contribution in [0.1, 0.15) is 22.8 Å². The molecular formula is C20H18Cl2O5. The molecule has 0 N–H and O–H groups in total. The Bertz CT molecular complexity index is 861. The summed E-state index contributed by atoms with van der Waals surface area (Å²) in [6.07, 6.45) is 2.78. The zero-order valence-electron chi connectivity index (χ0n) is 14.8. The summed E-state index contributed by atoms with van der Waals surface area (Å²) in [5.41, 5.74) is 0.966. The van der Waals surface area contributed by atoms with Gasteiger partial charge in [-0.25, -0.2) is 4.79 Å². The maximum atomic E-state index is 12.1. The van der Waals surface area contributed by atoms with Gasteiger partial charge in [-0.3, -0.25) is 4.79 Å². The van der Waals surface area contributed by atoms with Crippen molar-refractivity contribution < 1.29 is 23.8 Å². The standard InChI is InChI=1S/C20H18Cl2O5/c1-3-26-18-8-4-13(10-19(18)25-2)5-9-20(24)27-12-17(23)15-7-6-14(21)11-16(15)22/h4-11H,3,12H2,1-2H3/b9-5+. The lowest BCUT2D eigenvalue weighted by Gasteiger charge is -2.09. The minimum absolute atomic E-state index is 0.209. The first kappa shape index (κ1) is 20.8. The molecule has 0 saturated carbocycles. The number of methoxy groups -OCH3 is 1. The fourth-order valence-electron chi connectivity index (χ4n) is 2.21. The molecule has 7 heteroatoms. The highest BCUT2D eigenvalue weighted by molar-refractivity contribution is 6.36. The summed E-state index contributed by atoms with van der Waals surface area (Å²) in [5, 5.41) is 0.628. The highest BCUT2D eigenvalue weighted by Gasteiger charge is 2.12. The third-order valence-electron chi connectivity index (χ3n) is 3.48. The number of benzene rings is 2. The molecule has 0 heterocycles. The molecule has 0 aliphatic heterocycles. The number of halogens is 2. The second-order valence-corrected chi connectivity index (χ2v) is 6.18. The first-order valence-electron chi connectivity index (χ1n) is 8.08. The zero-order valence-corrected chi connectivity index (χ0v) is 16.3. The van der Waals surface area contributed by atoms with E-state index in [0.29, 0.717) is 23.1 Å². The molecule has 0 unspecified atom stereocenters. The van der Waals surface area contributed by atoms with E-state index in [4.69, 9.17) is 37.4 Å². The van der Waals surface area contributed by atoms with Gasteiger partial charge in [-0.05, 0) is 48.9 Å². The van der Waals surface area contributed by atoms with Gasteiger partial charge in [0.05, 0.1) is 18.7 Å². The van der Waals surface area contributed by atoms with Crippen LogP contribution in [0.5, 0.6) is 11.5 Å². The summed E-state index contributed by atoms with van der Waals surface area (Å²) in [4.78, 5) is 23.9. The van der Waals surface area contributed by atoms with E-state index in [9.17, 15) is 9.59 Å². The summed E-state index contributed by atoms with van der Waals surface area (Å²) in [5.74, 6) is 0.104. The molecule has 5 nitrogen and oxygen atoms in total. The van der Waals surface area contributed by atoms with Gasteiger partial charge in [0.15, 0.2) is 18.1 Å². The summed E-state index contributed by atoms with van der Waals surface area (Å²) in [6, 6.07) is 9.74. The van der Waals surface area contributed by atoms with Crippen LogP contribution in [0.2, 0.25) is 10.0 Å². The van der Waals surface area contributed by atoms with Crippen molar-refractivity contribution in [2.45, 2.75) is 6.92 Å². The Balaban J connectivity index is 1.96. The van der Waals surface area contributed by atoms with Crippen LogP contribution in [0.25, 0.3) is 6.08 Å². The molecule has 0 amide bonds. The third kappa shape index (κ3) is 6.01. The van der Waals surface area contributed by atoms with Crippen molar-refractivity contribution in [2.75, 3.05) is 20.3 Å².